The molecule has 4 heteroatoms. The predicted octanol–water partition coefficient (Wildman–Crippen LogP) is 3.81. The molecule has 2 aromatic carbocycles. The smallest absolute Gasteiger partial charge is 0.335 e. The second-order valence-corrected chi connectivity index (χ2v) is 4.25. The average Bonchev–Trinajstić information content (AvgIpc) is 2.99. The van der Waals surface area contributed by atoms with Gasteiger partial charge in [-0.3, -0.25) is 5.41 Å². The molecule has 0 fully saturated rings. The summed E-state index contributed by atoms with van der Waals surface area (Å²) in [4.78, 5) is 13.3. The maximum Gasteiger partial charge on any atom is 0.335 e. The molecule has 0 saturated carbocycles. The van der Waals surface area contributed by atoms with Crippen LogP contribution < -0.4 is 0 Å². The van der Waals surface area contributed by atoms with Gasteiger partial charge in [-0.1, -0.05) is 30.3 Å². The Morgan fingerprint density at radius 1 is 1.10 bits per heavy atom. The minimum Gasteiger partial charge on any atom is -0.478 e. The Morgan fingerprint density at radius 2 is 1.86 bits per heavy atom. The summed E-state index contributed by atoms with van der Waals surface area (Å²) in [5.74, 6) is 1.40. The first-order chi connectivity index (χ1) is 10.2. The standard InChI is InChI=1S/C10H8N2.C7H6O2/c11-6-4-8-2-1-3-10-9(8)5-7-12-10;8-7(9)6-4-2-1-3-5-6/h1-5,7,11-12H;1-5H,(H,8,9). The normalized spacial score (nSPS) is 9.33. The fraction of sp³-hybridized carbons (Fsp3) is 0. The van der Waals surface area contributed by atoms with Crippen LogP contribution in [0.25, 0.3) is 17.0 Å². The number of rotatable bonds is 2. The van der Waals surface area contributed by atoms with Crippen molar-refractivity contribution >= 4 is 28.8 Å². The number of fused-ring (bicyclic) bond motifs is 1. The van der Waals surface area contributed by atoms with E-state index in [0.29, 0.717) is 5.56 Å². The monoisotopic (exact) mass is 278 g/mol. The van der Waals surface area contributed by atoms with Gasteiger partial charge in [0.15, 0.2) is 0 Å². The van der Waals surface area contributed by atoms with Gasteiger partial charge in [0.25, 0.3) is 0 Å². The number of carbonyl (C=O) groups is 1. The van der Waals surface area contributed by atoms with Crippen molar-refractivity contribution in [1.29, 1.82) is 5.41 Å². The fourth-order valence-electron chi connectivity index (χ4n) is 1.89. The number of aromatic carboxylic acids is 1. The number of carboxylic acids is 1. The molecule has 1 heterocycles. The van der Waals surface area contributed by atoms with Crippen molar-refractivity contribution in [2.45, 2.75) is 0 Å². The van der Waals surface area contributed by atoms with Crippen molar-refractivity contribution in [1.82, 2.24) is 4.98 Å². The molecule has 104 valence electrons. The van der Waals surface area contributed by atoms with Crippen LogP contribution in [0.1, 0.15) is 15.9 Å². The first-order valence-electron chi connectivity index (χ1n) is 6.32. The van der Waals surface area contributed by atoms with Gasteiger partial charge in [-0.25, -0.2) is 4.79 Å². The van der Waals surface area contributed by atoms with Crippen LogP contribution in [0.4, 0.5) is 0 Å². The number of nitrogens with one attached hydrogen (secondary N) is 2. The summed E-state index contributed by atoms with van der Waals surface area (Å²) in [6, 6.07) is 16.2. The van der Waals surface area contributed by atoms with Gasteiger partial charge in [0, 0.05) is 23.2 Å². The Morgan fingerprint density at radius 3 is 2.48 bits per heavy atom. The molecule has 0 aliphatic heterocycles. The van der Waals surface area contributed by atoms with Crippen LogP contribution in [0, 0.1) is 5.41 Å². The maximum atomic E-state index is 10.2. The molecule has 21 heavy (non-hydrogen) atoms. The van der Waals surface area contributed by atoms with E-state index in [0.717, 1.165) is 16.5 Å². The van der Waals surface area contributed by atoms with Crippen LogP contribution in [0.5, 0.6) is 0 Å². The molecule has 3 rings (SSSR count). The van der Waals surface area contributed by atoms with Gasteiger partial charge >= 0.3 is 5.97 Å². The summed E-state index contributed by atoms with van der Waals surface area (Å²) in [7, 11) is 0. The topological polar surface area (TPSA) is 76.9 Å². The van der Waals surface area contributed by atoms with E-state index in [-0.39, 0.29) is 0 Å². The summed E-state index contributed by atoms with van der Waals surface area (Å²) in [5.41, 5.74) is 2.46. The number of hydrogen-bond acceptors (Lipinski definition) is 2. The highest BCUT2D eigenvalue weighted by atomic mass is 16.4. The van der Waals surface area contributed by atoms with Crippen LogP contribution in [-0.4, -0.2) is 21.9 Å². The number of carboxylic acid groups (broad SMARTS) is 1. The molecular weight excluding hydrogens is 264 g/mol. The van der Waals surface area contributed by atoms with Gasteiger partial charge in [-0.05, 0) is 35.7 Å². The maximum absolute atomic E-state index is 10.2. The van der Waals surface area contributed by atoms with Gasteiger partial charge in [0.2, 0.25) is 0 Å². The molecule has 0 unspecified atom stereocenters. The van der Waals surface area contributed by atoms with Crippen molar-refractivity contribution in [3.63, 3.8) is 0 Å². The summed E-state index contributed by atoms with van der Waals surface area (Å²) in [5, 5.41) is 16.4. The van der Waals surface area contributed by atoms with E-state index in [1.807, 2.05) is 30.5 Å². The molecule has 3 N–H and O–H groups in total. The van der Waals surface area contributed by atoms with E-state index in [9.17, 15) is 4.79 Å². The third kappa shape index (κ3) is 3.69. The third-order valence-electron chi connectivity index (χ3n) is 2.88. The molecule has 0 aliphatic rings. The third-order valence-corrected chi connectivity index (χ3v) is 2.88. The number of aromatic nitrogens is 1. The number of aromatic amines is 1. The van der Waals surface area contributed by atoms with E-state index in [1.165, 1.54) is 0 Å². The highest BCUT2D eigenvalue weighted by Crippen LogP contribution is 2.17. The molecule has 3 aromatic rings. The fourth-order valence-corrected chi connectivity index (χ4v) is 1.89. The largest absolute Gasteiger partial charge is 0.478 e. The summed E-state index contributed by atoms with van der Waals surface area (Å²) in [6.07, 6.45) is 3.56. The Hall–Kier alpha value is -3.10. The van der Waals surface area contributed by atoms with E-state index in [2.05, 4.69) is 10.9 Å². The number of hydrogen-bond donors (Lipinski definition) is 3. The van der Waals surface area contributed by atoms with Crippen molar-refractivity contribution in [3.8, 4) is 0 Å². The molecule has 0 saturated heterocycles. The second-order valence-electron chi connectivity index (χ2n) is 4.25. The first-order valence-corrected chi connectivity index (χ1v) is 6.32. The van der Waals surface area contributed by atoms with E-state index in [4.69, 9.17) is 10.5 Å². The zero-order valence-electron chi connectivity index (χ0n) is 11.2. The number of H-pyrrole nitrogens is 1. The molecule has 0 bridgehead atoms. The van der Waals surface area contributed by atoms with Crippen LogP contribution >= 0.6 is 0 Å². The van der Waals surface area contributed by atoms with Gasteiger partial charge < -0.3 is 10.1 Å². The minimum absolute atomic E-state index is 0.331. The molecule has 0 radical (unpaired) electrons. The van der Waals surface area contributed by atoms with E-state index in [1.54, 1.807) is 36.4 Å². The van der Waals surface area contributed by atoms with E-state index >= 15 is 0 Å². The Kier molecular flexibility index (Phi) is 4.70. The molecule has 0 amide bonds. The second kappa shape index (κ2) is 6.89. The van der Waals surface area contributed by atoms with Crippen LogP contribution in [-0.2, 0) is 0 Å². The Balaban J connectivity index is 0.000000161. The van der Waals surface area contributed by atoms with Crippen LogP contribution in [0.2, 0.25) is 0 Å². The predicted molar refractivity (Wildman–Crippen MR) is 83.9 cm³/mol. The van der Waals surface area contributed by atoms with Gasteiger partial charge in [-0.15, -0.1) is 0 Å². The molecule has 0 aliphatic carbocycles. The lowest BCUT2D eigenvalue weighted by molar-refractivity contribution is 0.0697. The highest BCUT2D eigenvalue weighted by molar-refractivity contribution is 5.93. The van der Waals surface area contributed by atoms with Crippen molar-refractivity contribution in [3.05, 3.63) is 71.9 Å². The lowest BCUT2D eigenvalue weighted by Gasteiger charge is -1.93. The lowest BCUT2D eigenvalue weighted by atomic mass is 10.1. The zero-order chi connectivity index (χ0) is 15.1. The molecular formula is C17H14N2O2. The molecule has 1 aromatic heterocycles. The number of benzene rings is 2. The Bertz CT molecular complexity index is 785. The van der Waals surface area contributed by atoms with Crippen LogP contribution in [0.15, 0.2) is 60.8 Å². The molecule has 4 nitrogen and oxygen atoms in total. The quantitative estimate of drug-likeness (QED) is 0.623. The first kappa shape index (κ1) is 14.3. The SMILES string of the molecule is N=C=Cc1cccc2[nH]ccc12.O=C(O)c1ccccc1. The zero-order valence-corrected chi connectivity index (χ0v) is 11.2. The summed E-state index contributed by atoms with van der Waals surface area (Å²) < 4.78 is 0. The highest BCUT2D eigenvalue weighted by Gasteiger charge is 1.97. The molecule has 0 spiro atoms. The van der Waals surface area contributed by atoms with Crippen LogP contribution in [0.3, 0.4) is 0 Å². The van der Waals surface area contributed by atoms with E-state index < -0.39 is 5.97 Å². The van der Waals surface area contributed by atoms with Gasteiger partial charge in [0.1, 0.15) is 0 Å². The Labute approximate surface area is 121 Å². The van der Waals surface area contributed by atoms with Gasteiger partial charge in [0.05, 0.1) is 5.56 Å². The van der Waals surface area contributed by atoms with Crippen molar-refractivity contribution in [2.24, 2.45) is 0 Å². The summed E-state index contributed by atoms with van der Waals surface area (Å²) in [6.45, 7) is 0. The van der Waals surface area contributed by atoms with Crippen molar-refractivity contribution in [2.75, 3.05) is 0 Å². The average molecular weight is 278 g/mol. The molecule has 0 atom stereocenters. The van der Waals surface area contributed by atoms with Gasteiger partial charge in [-0.2, -0.15) is 0 Å². The minimum atomic E-state index is -0.879. The summed E-state index contributed by atoms with van der Waals surface area (Å²) >= 11 is 0. The lowest BCUT2D eigenvalue weighted by Crippen LogP contribution is -1.93. The van der Waals surface area contributed by atoms with Crippen molar-refractivity contribution < 1.29 is 9.90 Å².